The van der Waals surface area contributed by atoms with E-state index in [1.807, 2.05) is 0 Å². The Bertz CT molecular complexity index is 1380. The van der Waals surface area contributed by atoms with E-state index in [9.17, 15) is 0 Å². The van der Waals surface area contributed by atoms with Crippen LogP contribution in [0.4, 0.5) is 0 Å². The third-order valence-electron chi connectivity index (χ3n) is 5.10. The summed E-state index contributed by atoms with van der Waals surface area (Å²) in [5, 5.41) is 16.9. The summed E-state index contributed by atoms with van der Waals surface area (Å²) in [7, 11) is 0. The molecule has 0 aliphatic heterocycles. The summed E-state index contributed by atoms with van der Waals surface area (Å²) in [5.41, 5.74) is 2.36. The minimum atomic E-state index is 0.857. The van der Waals surface area contributed by atoms with Crippen LogP contribution in [0.25, 0.3) is 41.7 Å². The summed E-state index contributed by atoms with van der Waals surface area (Å²) in [6.07, 6.45) is 0. The maximum absolute atomic E-state index is 5.82. The van der Waals surface area contributed by atoms with Gasteiger partial charge in [-0.1, -0.05) is 0 Å². The Morgan fingerprint density at radius 1 is 0.731 bits per heavy atom. The predicted octanol–water partition coefficient (Wildman–Crippen LogP) is 4.99. The Morgan fingerprint density at radius 2 is 1.12 bits per heavy atom. The van der Waals surface area contributed by atoms with Gasteiger partial charge in [0.1, 0.15) is 0 Å². The summed E-state index contributed by atoms with van der Waals surface area (Å²) in [6.45, 7) is 4.29. The molecule has 8 heteroatoms. The van der Waals surface area contributed by atoms with E-state index < -0.39 is 0 Å². The van der Waals surface area contributed by atoms with Gasteiger partial charge in [0.15, 0.2) is 0 Å². The van der Waals surface area contributed by atoms with E-state index in [4.69, 9.17) is 11.7 Å². The molecule has 0 radical (unpaired) electrons. The number of thiophene rings is 2. The van der Waals surface area contributed by atoms with Gasteiger partial charge in [-0.2, -0.15) is 10.2 Å². The molecule has 0 spiro atoms. The molecule has 4 nitrogen and oxygen atoms in total. The number of rotatable bonds is 0. The van der Waals surface area contributed by atoms with E-state index in [2.05, 4.69) is 68.0 Å². The van der Waals surface area contributed by atoms with Crippen molar-refractivity contribution in [3.63, 3.8) is 0 Å². The van der Waals surface area contributed by atoms with Crippen molar-refractivity contribution in [2.75, 3.05) is 0 Å². The molecule has 0 aliphatic carbocycles. The highest BCUT2D eigenvalue weighted by atomic mass is 79.9. The fourth-order valence-electron chi connectivity index (χ4n) is 4.14. The van der Waals surface area contributed by atoms with Crippen molar-refractivity contribution in [2.45, 2.75) is 13.8 Å². The van der Waals surface area contributed by atoms with Crippen LogP contribution in [0.3, 0.4) is 0 Å². The van der Waals surface area contributed by atoms with E-state index in [1.54, 1.807) is 22.7 Å². The zero-order valence-electron chi connectivity index (χ0n) is 13.8. The van der Waals surface area contributed by atoms with Crippen molar-refractivity contribution in [1.29, 1.82) is 0 Å². The first-order valence-electron chi connectivity index (χ1n) is 7.81. The highest BCUT2D eigenvalue weighted by Crippen LogP contribution is 2.44. The third-order valence-corrected chi connectivity index (χ3v) is 8.41. The average Bonchev–Trinajstić information content (AvgIpc) is 3.29. The third kappa shape index (κ3) is 1.88. The summed E-state index contributed by atoms with van der Waals surface area (Å²) in [4.78, 5) is 0. The SMILES string of the molecule is Cc1c2c(=NN)c3cc(Br)sc3c2c(C)c2c(=NN)c3cc(Br)sc3c12. The van der Waals surface area contributed by atoms with Crippen LogP contribution in [0.5, 0.6) is 0 Å². The highest BCUT2D eigenvalue weighted by molar-refractivity contribution is 9.11. The fraction of sp³-hybridized carbons (Fsp3) is 0.111. The van der Waals surface area contributed by atoms with Crippen molar-refractivity contribution in [3.8, 4) is 0 Å². The molecule has 5 aromatic rings. The van der Waals surface area contributed by atoms with Gasteiger partial charge in [-0.15, -0.1) is 22.7 Å². The Kier molecular flexibility index (Phi) is 3.54. The van der Waals surface area contributed by atoms with E-state index in [-0.39, 0.29) is 0 Å². The molecule has 0 atom stereocenters. The van der Waals surface area contributed by atoms with Gasteiger partial charge in [0.05, 0.1) is 18.3 Å². The van der Waals surface area contributed by atoms with Crippen molar-refractivity contribution in [1.82, 2.24) is 0 Å². The van der Waals surface area contributed by atoms with Crippen molar-refractivity contribution in [3.05, 3.63) is 41.5 Å². The predicted molar refractivity (Wildman–Crippen MR) is 119 cm³/mol. The van der Waals surface area contributed by atoms with Gasteiger partial charge in [-0.05, 0) is 69.0 Å². The van der Waals surface area contributed by atoms with E-state index >= 15 is 0 Å². The number of benzene rings is 1. The van der Waals surface area contributed by atoms with Gasteiger partial charge in [0, 0.05) is 41.7 Å². The second kappa shape index (κ2) is 5.51. The van der Waals surface area contributed by atoms with Crippen LogP contribution >= 0.6 is 54.5 Å². The topological polar surface area (TPSA) is 76.8 Å². The Balaban J connectivity index is 2.24. The fourth-order valence-corrected chi connectivity index (χ4v) is 7.56. The Labute approximate surface area is 172 Å². The summed E-state index contributed by atoms with van der Waals surface area (Å²) in [5.74, 6) is 11.6. The van der Waals surface area contributed by atoms with E-state index in [1.165, 1.54) is 31.3 Å². The zero-order valence-corrected chi connectivity index (χ0v) is 18.6. The standard InChI is InChI=1S/C18H12Br2N4S2/c1-5-11-14(18-7(15(11)23-21)3-10(20)26-18)6(2)12-13(5)17-8(16(12)24-22)4-9(19)25-17/h3-4H,21-22H2,1-2H3. The van der Waals surface area contributed by atoms with Gasteiger partial charge < -0.3 is 11.7 Å². The number of hydrogen-bond donors (Lipinski definition) is 2. The molecule has 3 aromatic carbocycles. The van der Waals surface area contributed by atoms with Crippen LogP contribution in [-0.4, -0.2) is 0 Å². The molecule has 4 N–H and O–H groups in total. The lowest BCUT2D eigenvalue weighted by atomic mass is 9.98. The van der Waals surface area contributed by atoms with Crippen LogP contribution in [-0.2, 0) is 0 Å². The lowest BCUT2D eigenvalue weighted by Gasteiger charge is -2.06. The van der Waals surface area contributed by atoms with Crippen LogP contribution in [0.2, 0.25) is 0 Å². The minimum Gasteiger partial charge on any atom is -0.323 e. The van der Waals surface area contributed by atoms with Gasteiger partial charge in [0.2, 0.25) is 0 Å². The molecule has 0 saturated heterocycles. The summed E-state index contributed by atoms with van der Waals surface area (Å²) < 4.78 is 4.55. The number of hydrogen-bond acceptors (Lipinski definition) is 6. The second-order valence-electron chi connectivity index (χ2n) is 6.29. The average molecular weight is 508 g/mol. The number of nitrogens with zero attached hydrogens (tertiary/aromatic N) is 2. The molecule has 0 fully saturated rings. The van der Waals surface area contributed by atoms with Gasteiger partial charge >= 0.3 is 0 Å². The number of aryl methyl sites for hydroxylation is 2. The summed E-state index contributed by atoms with van der Waals surface area (Å²) >= 11 is 10.6. The molecule has 0 aliphatic rings. The van der Waals surface area contributed by atoms with Crippen molar-refractivity contribution < 1.29 is 0 Å². The maximum Gasteiger partial charge on any atom is 0.0995 e. The van der Waals surface area contributed by atoms with Gasteiger partial charge in [-0.3, -0.25) is 0 Å². The normalized spacial score (nSPS) is 14.2. The molecule has 0 amide bonds. The van der Waals surface area contributed by atoms with E-state index in [0.717, 1.165) is 39.8 Å². The first-order valence-corrected chi connectivity index (χ1v) is 11.0. The molecule has 5 rings (SSSR count). The molecule has 130 valence electrons. The van der Waals surface area contributed by atoms with Crippen LogP contribution in [0, 0.1) is 13.8 Å². The Hall–Kier alpha value is -1.48. The first kappa shape index (κ1) is 16.7. The Morgan fingerprint density at radius 3 is 1.46 bits per heavy atom. The molecule has 0 bridgehead atoms. The van der Waals surface area contributed by atoms with Crippen LogP contribution < -0.4 is 22.4 Å². The van der Waals surface area contributed by atoms with Crippen LogP contribution in [0.15, 0.2) is 29.9 Å². The zero-order chi connectivity index (χ0) is 18.3. The lowest BCUT2D eigenvalue weighted by molar-refractivity contribution is 1.17. The number of fused-ring (bicyclic) bond motifs is 6. The molecular weight excluding hydrogens is 496 g/mol. The van der Waals surface area contributed by atoms with Crippen molar-refractivity contribution >= 4 is 96.3 Å². The largest absolute Gasteiger partial charge is 0.323 e. The molecule has 26 heavy (non-hydrogen) atoms. The summed E-state index contributed by atoms with van der Waals surface area (Å²) in [6, 6.07) is 4.20. The van der Waals surface area contributed by atoms with Gasteiger partial charge in [0.25, 0.3) is 0 Å². The van der Waals surface area contributed by atoms with Crippen LogP contribution in [0.1, 0.15) is 11.1 Å². The number of nitrogens with two attached hydrogens (primary N) is 2. The van der Waals surface area contributed by atoms with Gasteiger partial charge in [-0.25, -0.2) is 0 Å². The molecule has 2 aromatic heterocycles. The molecular formula is C18H12Br2N4S2. The highest BCUT2D eigenvalue weighted by Gasteiger charge is 2.23. The van der Waals surface area contributed by atoms with Crippen molar-refractivity contribution in [2.24, 2.45) is 21.9 Å². The molecule has 0 unspecified atom stereocenters. The molecule has 0 saturated carbocycles. The molecule has 2 heterocycles. The second-order valence-corrected chi connectivity index (χ2v) is 11.2. The first-order chi connectivity index (χ1) is 12.5. The minimum absolute atomic E-state index is 0.857. The number of halogens is 2. The van der Waals surface area contributed by atoms with E-state index in [0.29, 0.717) is 0 Å². The lowest BCUT2D eigenvalue weighted by Crippen LogP contribution is -2.07. The quantitative estimate of drug-likeness (QED) is 0.229. The monoisotopic (exact) mass is 506 g/mol. The maximum atomic E-state index is 5.82. The smallest absolute Gasteiger partial charge is 0.0995 e.